The van der Waals surface area contributed by atoms with Crippen molar-refractivity contribution in [2.45, 2.75) is 32.2 Å². The van der Waals surface area contributed by atoms with Crippen LogP contribution < -0.4 is 0 Å². The second-order valence-electron chi connectivity index (χ2n) is 6.11. The molecule has 0 bridgehead atoms. The molecule has 0 aliphatic heterocycles. The fourth-order valence-electron chi connectivity index (χ4n) is 2.87. The summed E-state index contributed by atoms with van der Waals surface area (Å²) < 4.78 is 71.0. The molecule has 148 valence electrons. The van der Waals surface area contributed by atoms with E-state index >= 15 is 0 Å². The van der Waals surface area contributed by atoms with Crippen LogP contribution in [0.15, 0.2) is 48.5 Å². The Labute approximate surface area is 156 Å². The van der Waals surface area contributed by atoms with Crippen LogP contribution in [0.25, 0.3) is 11.0 Å². The minimum atomic E-state index is -4.53. The van der Waals surface area contributed by atoms with Crippen LogP contribution in [0.3, 0.4) is 0 Å². The Hall–Kier alpha value is -2.97. The first-order valence-electron chi connectivity index (χ1n) is 8.27. The number of fused-ring (bicyclic) bond motifs is 1. The number of ether oxygens (including phenoxy) is 1. The van der Waals surface area contributed by atoms with Crippen LogP contribution in [0.5, 0.6) is 0 Å². The van der Waals surface area contributed by atoms with Gasteiger partial charge >= 0.3 is 18.7 Å². The van der Waals surface area contributed by atoms with E-state index in [0.29, 0.717) is 10.1 Å². The van der Waals surface area contributed by atoms with Crippen molar-refractivity contribution in [3.05, 3.63) is 65.5 Å². The van der Waals surface area contributed by atoms with Crippen molar-refractivity contribution in [2.24, 2.45) is 0 Å². The van der Waals surface area contributed by atoms with Crippen molar-refractivity contribution in [1.29, 1.82) is 0 Å². The van der Waals surface area contributed by atoms with E-state index in [1.165, 1.54) is 25.1 Å². The molecule has 0 saturated carbocycles. The lowest BCUT2D eigenvalue weighted by atomic mass is 10.1. The van der Waals surface area contributed by atoms with Crippen LogP contribution >= 0.6 is 0 Å². The average molecular weight is 398 g/mol. The molecule has 0 fully saturated rings. The predicted octanol–water partition coefficient (Wildman–Crippen LogP) is 5.30. The van der Waals surface area contributed by atoms with Crippen LogP contribution in [0.2, 0.25) is 0 Å². The number of imidazole rings is 1. The monoisotopic (exact) mass is 398 g/mol. The lowest BCUT2D eigenvalue weighted by Crippen LogP contribution is -2.16. The molecule has 4 nitrogen and oxygen atoms in total. The van der Waals surface area contributed by atoms with E-state index < -0.39 is 36.8 Å². The van der Waals surface area contributed by atoms with E-state index in [9.17, 15) is 26.7 Å². The molecule has 0 amide bonds. The van der Waals surface area contributed by atoms with Crippen LogP contribution in [-0.4, -0.2) is 15.5 Å². The number of carbonyl (C=O) groups is 1. The van der Waals surface area contributed by atoms with Gasteiger partial charge < -0.3 is 4.74 Å². The van der Waals surface area contributed by atoms with E-state index in [0.717, 1.165) is 12.1 Å². The van der Waals surface area contributed by atoms with Crippen LogP contribution in [0.4, 0.5) is 22.0 Å². The Bertz CT molecular complexity index is 997. The standard InChI is InChI=1S/C19H15F5N2O2/c1-11(17-25-14-7-2-3-8-15(14)26(17)18(20)21)28-16(27)10-12-5-4-6-13(9-12)19(22,23)24/h2-9,11,18H,10H2,1H3. The van der Waals surface area contributed by atoms with Gasteiger partial charge in [-0.2, -0.15) is 22.0 Å². The molecule has 0 N–H and O–H groups in total. The fourth-order valence-corrected chi connectivity index (χ4v) is 2.87. The number of aromatic nitrogens is 2. The highest BCUT2D eigenvalue weighted by atomic mass is 19.4. The maximum Gasteiger partial charge on any atom is 0.416 e. The minimum absolute atomic E-state index is 0.106. The van der Waals surface area contributed by atoms with Gasteiger partial charge in [0, 0.05) is 0 Å². The first kappa shape index (κ1) is 19.8. The Kier molecular flexibility index (Phi) is 5.35. The summed E-state index contributed by atoms with van der Waals surface area (Å²) in [4.78, 5) is 16.2. The molecule has 3 rings (SSSR count). The van der Waals surface area contributed by atoms with Gasteiger partial charge in [-0.15, -0.1) is 0 Å². The second kappa shape index (κ2) is 7.57. The number of nitrogens with zero attached hydrogens (tertiary/aromatic N) is 2. The van der Waals surface area contributed by atoms with Gasteiger partial charge in [0.1, 0.15) is 0 Å². The number of halogens is 5. The zero-order valence-electron chi connectivity index (χ0n) is 14.6. The Morgan fingerprint density at radius 3 is 2.54 bits per heavy atom. The van der Waals surface area contributed by atoms with E-state index in [2.05, 4.69) is 4.98 Å². The maximum atomic E-state index is 13.5. The first-order valence-corrected chi connectivity index (χ1v) is 8.27. The average Bonchev–Trinajstić information content (AvgIpc) is 3.01. The van der Waals surface area contributed by atoms with Crippen molar-refractivity contribution < 1.29 is 31.5 Å². The molecule has 0 saturated heterocycles. The summed E-state index contributed by atoms with van der Waals surface area (Å²) in [7, 11) is 0. The molecule has 1 unspecified atom stereocenters. The quantitative estimate of drug-likeness (QED) is 0.433. The summed E-state index contributed by atoms with van der Waals surface area (Å²) in [5.41, 5.74) is -0.272. The van der Waals surface area contributed by atoms with Gasteiger partial charge in [0.05, 0.1) is 23.0 Å². The van der Waals surface area contributed by atoms with Crippen LogP contribution in [0, 0.1) is 0 Å². The van der Waals surface area contributed by atoms with E-state index in [-0.39, 0.29) is 16.9 Å². The van der Waals surface area contributed by atoms with Crippen molar-refractivity contribution in [2.75, 3.05) is 0 Å². The molecule has 1 heterocycles. The van der Waals surface area contributed by atoms with Gasteiger partial charge in [-0.3, -0.25) is 9.36 Å². The van der Waals surface area contributed by atoms with E-state index in [4.69, 9.17) is 4.74 Å². The summed E-state index contributed by atoms with van der Waals surface area (Å²) >= 11 is 0. The third-order valence-electron chi connectivity index (χ3n) is 4.09. The minimum Gasteiger partial charge on any atom is -0.454 e. The van der Waals surface area contributed by atoms with Gasteiger partial charge in [-0.1, -0.05) is 30.3 Å². The molecule has 1 atom stereocenters. The van der Waals surface area contributed by atoms with Crippen LogP contribution in [-0.2, 0) is 22.1 Å². The van der Waals surface area contributed by atoms with Gasteiger partial charge in [0.2, 0.25) is 0 Å². The van der Waals surface area contributed by atoms with Crippen molar-refractivity contribution in [3.63, 3.8) is 0 Å². The molecule has 3 aromatic rings. The van der Waals surface area contributed by atoms with Crippen molar-refractivity contribution >= 4 is 17.0 Å². The zero-order valence-corrected chi connectivity index (χ0v) is 14.6. The predicted molar refractivity (Wildman–Crippen MR) is 90.6 cm³/mol. The van der Waals surface area contributed by atoms with Gasteiger partial charge in [0.25, 0.3) is 0 Å². The topological polar surface area (TPSA) is 44.1 Å². The molecule has 0 aliphatic carbocycles. The normalized spacial score (nSPS) is 13.1. The van der Waals surface area contributed by atoms with Gasteiger partial charge in [-0.25, -0.2) is 4.98 Å². The van der Waals surface area contributed by atoms with Gasteiger partial charge in [-0.05, 0) is 30.7 Å². The van der Waals surface area contributed by atoms with E-state index in [1.54, 1.807) is 18.2 Å². The summed E-state index contributed by atoms with van der Waals surface area (Å²) in [6.07, 6.45) is -6.07. The summed E-state index contributed by atoms with van der Waals surface area (Å²) in [6.45, 7) is -1.52. The number of hydrogen-bond donors (Lipinski definition) is 0. The fraction of sp³-hybridized carbons (Fsp3) is 0.263. The smallest absolute Gasteiger partial charge is 0.416 e. The third-order valence-corrected chi connectivity index (χ3v) is 4.09. The zero-order chi connectivity index (χ0) is 20.5. The number of alkyl halides is 5. The lowest BCUT2D eigenvalue weighted by Gasteiger charge is -2.15. The highest BCUT2D eigenvalue weighted by molar-refractivity contribution is 5.76. The Balaban J connectivity index is 1.78. The molecule has 2 aromatic carbocycles. The number of esters is 1. The number of para-hydroxylation sites is 2. The molecular weight excluding hydrogens is 383 g/mol. The lowest BCUT2D eigenvalue weighted by molar-refractivity contribution is -0.148. The highest BCUT2D eigenvalue weighted by Crippen LogP contribution is 2.30. The van der Waals surface area contributed by atoms with Crippen molar-refractivity contribution in [1.82, 2.24) is 9.55 Å². The van der Waals surface area contributed by atoms with Gasteiger partial charge in [0.15, 0.2) is 11.9 Å². The third kappa shape index (κ3) is 4.13. The Morgan fingerprint density at radius 2 is 1.86 bits per heavy atom. The molecule has 9 heteroatoms. The SMILES string of the molecule is CC(OC(=O)Cc1cccc(C(F)(F)F)c1)c1nc2ccccc2n1C(F)F. The van der Waals surface area contributed by atoms with Crippen LogP contribution in [0.1, 0.15) is 36.5 Å². The van der Waals surface area contributed by atoms with Crippen molar-refractivity contribution in [3.8, 4) is 0 Å². The molecule has 28 heavy (non-hydrogen) atoms. The molecule has 0 spiro atoms. The molecule has 0 radical (unpaired) electrons. The largest absolute Gasteiger partial charge is 0.454 e. The summed E-state index contributed by atoms with van der Waals surface area (Å²) in [5, 5.41) is 0. The second-order valence-corrected chi connectivity index (χ2v) is 6.11. The maximum absolute atomic E-state index is 13.5. The first-order chi connectivity index (χ1) is 13.2. The summed E-state index contributed by atoms with van der Waals surface area (Å²) in [5.74, 6) is -0.992. The molecule has 1 aromatic heterocycles. The molecule has 0 aliphatic rings. The number of benzene rings is 2. The van der Waals surface area contributed by atoms with E-state index in [1.807, 2.05) is 0 Å². The number of rotatable bonds is 5. The highest BCUT2D eigenvalue weighted by Gasteiger charge is 2.30. The molecular formula is C19H15F5N2O2. The number of carbonyl (C=O) groups excluding carboxylic acids is 1. The number of hydrogen-bond acceptors (Lipinski definition) is 3. The Morgan fingerprint density at radius 1 is 1.14 bits per heavy atom. The summed E-state index contributed by atoms with van der Waals surface area (Å²) in [6, 6.07) is 10.5.